The second-order valence-corrected chi connectivity index (χ2v) is 9.80. The number of anilines is 2. The minimum Gasteiger partial charge on any atom is -0.508 e. The average Bonchev–Trinajstić information content (AvgIpc) is 3.29. The Balaban J connectivity index is 1.47. The molecule has 0 saturated carbocycles. The molecule has 3 N–H and O–H groups in total. The maximum atomic E-state index is 13.1. The maximum absolute atomic E-state index is 13.1. The molecule has 0 saturated heterocycles. The molecule has 164 valence electrons. The van der Waals surface area contributed by atoms with Gasteiger partial charge in [-0.25, -0.2) is 8.42 Å². The molecule has 0 amide bonds. The van der Waals surface area contributed by atoms with E-state index < -0.39 is 10.0 Å². The van der Waals surface area contributed by atoms with Crippen LogP contribution in [0.3, 0.4) is 0 Å². The fraction of sp³-hybridized carbons (Fsp3) is 0.200. The quantitative estimate of drug-likeness (QED) is 0.477. The van der Waals surface area contributed by atoms with Crippen LogP contribution in [0.5, 0.6) is 11.5 Å². The SMILES string of the molecule is COc1ccc(NS(=O)(=O)c2ccc3c(c2)C2C=CCC2C(c2ccccc2O)N3)cc1. The van der Waals surface area contributed by atoms with Crippen molar-refractivity contribution < 1.29 is 18.3 Å². The number of phenols is 1. The van der Waals surface area contributed by atoms with Crippen LogP contribution in [0.15, 0.2) is 83.8 Å². The molecule has 6 nitrogen and oxygen atoms in total. The number of para-hydroxylation sites is 1. The first-order chi connectivity index (χ1) is 15.5. The number of benzene rings is 3. The maximum Gasteiger partial charge on any atom is 0.261 e. The van der Waals surface area contributed by atoms with Crippen molar-refractivity contribution in [3.8, 4) is 11.5 Å². The highest BCUT2D eigenvalue weighted by Crippen LogP contribution is 2.51. The van der Waals surface area contributed by atoms with E-state index in [-0.39, 0.29) is 28.5 Å². The standard InChI is InChI=1S/C25H24N2O4S/c1-31-17-11-9-16(10-12-17)27-32(29,30)18-13-14-23-22(15-18)19-6-4-7-20(19)25(26-23)21-5-2-3-8-24(21)28/h2-6,8-15,19-20,25-28H,7H2,1H3. The Kier molecular flexibility index (Phi) is 5.06. The lowest BCUT2D eigenvalue weighted by Gasteiger charge is -2.37. The summed E-state index contributed by atoms with van der Waals surface area (Å²) < 4.78 is 33.9. The Morgan fingerprint density at radius 2 is 1.81 bits per heavy atom. The summed E-state index contributed by atoms with van der Waals surface area (Å²) in [6, 6.07) is 19.2. The van der Waals surface area contributed by atoms with Gasteiger partial charge in [-0.15, -0.1) is 0 Å². The van der Waals surface area contributed by atoms with Gasteiger partial charge in [-0.1, -0.05) is 30.4 Å². The Morgan fingerprint density at radius 3 is 2.56 bits per heavy atom. The molecule has 3 aromatic carbocycles. The van der Waals surface area contributed by atoms with Crippen LogP contribution in [0.2, 0.25) is 0 Å². The summed E-state index contributed by atoms with van der Waals surface area (Å²) in [5.41, 5.74) is 3.16. The van der Waals surface area contributed by atoms with Crippen molar-refractivity contribution in [2.75, 3.05) is 17.1 Å². The summed E-state index contributed by atoms with van der Waals surface area (Å²) in [7, 11) is -2.19. The third-order valence-corrected chi connectivity index (χ3v) is 7.64. The third kappa shape index (κ3) is 3.58. The van der Waals surface area contributed by atoms with Gasteiger partial charge < -0.3 is 15.2 Å². The molecule has 1 aliphatic heterocycles. The molecular formula is C25H24N2O4S. The summed E-state index contributed by atoms with van der Waals surface area (Å²) >= 11 is 0. The molecule has 1 heterocycles. The molecule has 3 atom stereocenters. The number of nitrogens with one attached hydrogen (secondary N) is 2. The molecule has 0 fully saturated rings. The van der Waals surface area contributed by atoms with Crippen molar-refractivity contribution in [3.05, 3.63) is 90.0 Å². The van der Waals surface area contributed by atoms with E-state index >= 15 is 0 Å². The number of sulfonamides is 1. The second kappa shape index (κ2) is 7.91. The van der Waals surface area contributed by atoms with Gasteiger partial charge in [0, 0.05) is 22.9 Å². The van der Waals surface area contributed by atoms with Crippen LogP contribution in [0, 0.1) is 5.92 Å². The lowest BCUT2D eigenvalue weighted by Crippen LogP contribution is -2.29. The van der Waals surface area contributed by atoms with Crippen LogP contribution >= 0.6 is 0 Å². The number of rotatable bonds is 5. The summed E-state index contributed by atoms with van der Waals surface area (Å²) in [5, 5.41) is 13.9. The minimum atomic E-state index is -3.75. The van der Waals surface area contributed by atoms with Crippen LogP contribution < -0.4 is 14.8 Å². The predicted octanol–water partition coefficient (Wildman–Crippen LogP) is 5.03. The van der Waals surface area contributed by atoms with E-state index in [0.717, 1.165) is 23.2 Å². The Morgan fingerprint density at radius 1 is 1.03 bits per heavy atom. The molecule has 3 unspecified atom stereocenters. The largest absolute Gasteiger partial charge is 0.508 e. The van der Waals surface area contributed by atoms with Crippen molar-refractivity contribution >= 4 is 21.4 Å². The highest BCUT2D eigenvalue weighted by atomic mass is 32.2. The van der Waals surface area contributed by atoms with Gasteiger partial charge >= 0.3 is 0 Å². The molecule has 5 rings (SSSR count). The number of aromatic hydroxyl groups is 1. The number of phenolic OH excluding ortho intramolecular Hbond substituents is 1. The van der Waals surface area contributed by atoms with Gasteiger partial charge in [0.2, 0.25) is 0 Å². The lowest BCUT2D eigenvalue weighted by atomic mass is 9.77. The highest BCUT2D eigenvalue weighted by molar-refractivity contribution is 7.92. The van der Waals surface area contributed by atoms with Gasteiger partial charge in [-0.3, -0.25) is 4.72 Å². The number of ether oxygens (including phenoxy) is 1. The number of allylic oxidation sites excluding steroid dienone is 2. The summed E-state index contributed by atoms with van der Waals surface area (Å²) in [5.74, 6) is 1.20. The van der Waals surface area contributed by atoms with Crippen molar-refractivity contribution in [2.45, 2.75) is 23.3 Å². The molecule has 3 aromatic rings. The topological polar surface area (TPSA) is 87.7 Å². The smallest absolute Gasteiger partial charge is 0.261 e. The number of methoxy groups -OCH3 is 1. The van der Waals surface area contributed by atoms with Gasteiger partial charge in [0.15, 0.2) is 0 Å². The average molecular weight is 449 g/mol. The molecule has 0 bridgehead atoms. The molecule has 32 heavy (non-hydrogen) atoms. The van der Waals surface area contributed by atoms with E-state index in [2.05, 4.69) is 22.2 Å². The molecule has 1 aliphatic carbocycles. The van der Waals surface area contributed by atoms with Gasteiger partial charge in [0.25, 0.3) is 10.0 Å². The Labute approximate surface area is 187 Å². The van der Waals surface area contributed by atoms with E-state index in [1.807, 2.05) is 24.3 Å². The Hall–Kier alpha value is -3.45. The molecule has 2 aliphatic rings. The molecule has 0 spiro atoms. The van der Waals surface area contributed by atoms with Gasteiger partial charge in [-0.2, -0.15) is 0 Å². The molecular weight excluding hydrogens is 424 g/mol. The first-order valence-electron chi connectivity index (χ1n) is 10.5. The van der Waals surface area contributed by atoms with Crippen LogP contribution in [0.1, 0.15) is 29.5 Å². The molecule has 7 heteroatoms. The van der Waals surface area contributed by atoms with Crippen molar-refractivity contribution in [2.24, 2.45) is 5.92 Å². The van der Waals surface area contributed by atoms with Crippen LogP contribution in [0.25, 0.3) is 0 Å². The van der Waals surface area contributed by atoms with Gasteiger partial charge in [0.1, 0.15) is 11.5 Å². The number of hydrogen-bond acceptors (Lipinski definition) is 5. The lowest BCUT2D eigenvalue weighted by molar-refractivity contribution is 0.402. The third-order valence-electron chi connectivity index (χ3n) is 6.26. The minimum absolute atomic E-state index is 0.0522. The first kappa shape index (κ1) is 20.5. The second-order valence-electron chi connectivity index (χ2n) is 8.12. The van der Waals surface area contributed by atoms with Crippen LogP contribution in [-0.4, -0.2) is 20.6 Å². The monoisotopic (exact) mass is 448 g/mol. The van der Waals surface area contributed by atoms with E-state index in [9.17, 15) is 13.5 Å². The Bertz CT molecular complexity index is 1290. The fourth-order valence-corrected chi connectivity index (χ4v) is 5.76. The fourth-order valence-electron chi connectivity index (χ4n) is 4.67. The zero-order valence-corrected chi connectivity index (χ0v) is 18.3. The predicted molar refractivity (Wildman–Crippen MR) is 125 cm³/mol. The van der Waals surface area contributed by atoms with Crippen molar-refractivity contribution in [1.29, 1.82) is 0 Å². The summed E-state index contributed by atoms with van der Waals surface area (Å²) in [6.45, 7) is 0. The van der Waals surface area contributed by atoms with E-state index in [1.165, 1.54) is 0 Å². The number of fused-ring (bicyclic) bond motifs is 3. The number of hydrogen-bond donors (Lipinski definition) is 3. The summed E-state index contributed by atoms with van der Waals surface area (Å²) in [6.07, 6.45) is 5.14. The summed E-state index contributed by atoms with van der Waals surface area (Å²) in [4.78, 5) is 0.217. The molecule has 0 radical (unpaired) electrons. The van der Waals surface area contributed by atoms with E-state index in [4.69, 9.17) is 4.74 Å². The van der Waals surface area contributed by atoms with Crippen LogP contribution in [0.4, 0.5) is 11.4 Å². The van der Waals surface area contributed by atoms with Crippen LogP contribution in [-0.2, 0) is 10.0 Å². The highest BCUT2D eigenvalue weighted by Gasteiger charge is 2.39. The first-order valence-corrected chi connectivity index (χ1v) is 12.0. The van der Waals surface area contributed by atoms with Gasteiger partial charge in [-0.05, 0) is 66.4 Å². The zero-order chi connectivity index (χ0) is 22.3. The molecule has 0 aromatic heterocycles. The van der Waals surface area contributed by atoms with E-state index in [0.29, 0.717) is 11.4 Å². The van der Waals surface area contributed by atoms with Crippen molar-refractivity contribution in [3.63, 3.8) is 0 Å². The van der Waals surface area contributed by atoms with E-state index in [1.54, 1.807) is 49.6 Å². The normalized spacial score (nSPS) is 21.3. The van der Waals surface area contributed by atoms with Gasteiger partial charge in [0.05, 0.1) is 18.0 Å². The zero-order valence-electron chi connectivity index (χ0n) is 17.5. The van der Waals surface area contributed by atoms with Crippen molar-refractivity contribution in [1.82, 2.24) is 0 Å².